The Morgan fingerprint density at radius 1 is 1.27 bits per heavy atom. The van der Waals surface area contributed by atoms with Crippen molar-refractivity contribution >= 4 is 38.1 Å². The molecule has 0 fully saturated rings. The highest BCUT2D eigenvalue weighted by atomic mass is 79.9. The van der Waals surface area contributed by atoms with Gasteiger partial charge in [-0.05, 0) is 54.0 Å². The lowest BCUT2D eigenvalue weighted by molar-refractivity contribution is 0.0950. The van der Waals surface area contributed by atoms with Gasteiger partial charge >= 0.3 is 0 Å². The molecular weight excluding hydrogens is 414 g/mol. The smallest absolute Gasteiger partial charge is 0.251 e. The Balaban J connectivity index is 1.46. The molecule has 3 aromatic heterocycles. The van der Waals surface area contributed by atoms with Gasteiger partial charge in [0, 0.05) is 23.3 Å². The number of hydrogen-bond acceptors (Lipinski definition) is 4. The number of benzene rings is 1. The van der Waals surface area contributed by atoms with Crippen molar-refractivity contribution in [1.82, 2.24) is 24.5 Å². The van der Waals surface area contributed by atoms with Crippen LogP contribution in [0.3, 0.4) is 0 Å². The fourth-order valence-electron chi connectivity index (χ4n) is 2.76. The second kappa shape index (κ2) is 6.69. The predicted octanol–water partition coefficient (Wildman–Crippen LogP) is 3.89. The van der Waals surface area contributed by atoms with Crippen LogP contribution in [-0.2, 0) is 6.54 Å². The third kappa shape index (κ3) is 3.06. The Bertz CT molecular complexity index is 1060. The van der Waals surface area contributed by atoms with E-state index in [1.807, 2.05) is 52.8 Å². The number of fused-ring (bicyclic) bond motifs is 1. The van der Waals surface area contributed by atoms with Gasteiger partial charge in [-0.3, -0.25) is 9.20 Å². The molecule has 1 N–H and O–H groups in total. The van der Waals surface area contributed by atoms with E-state index in [0.717, 1.165) is 32.2 Å². The number of thiazole rings is 1. The standard InChI is InChI=1S/C18H16BrN5OS/c1-11-16(19)12(2)24(22-11)15-5-3-13(4-6-15)17(25)20-9-14-10-23-7-8-26-18(23)21-14/h3-8,10H,9H2,1-2H3,(H,20,25). The Morgan fingerprint density at radius 3 is 2.69 bits per heavy atom. The molecule has 0 saturated carbocycles. The number of aromatic nitrogens is 4. The largest absolute Gasteiger partial charge is 0.346 e. The summed E-state index contributed by atoms with van der Waals surface area (Å²) in [5.41, 5.74) is 4.33. The van der Waals surface area contributed by atoms with Crippen LogP contribution in [0.4, 0.5) is 0 Å². The zero-order valence-electron chi connectivity index (χ0n) is 14.2. The van der Waals surface area contributed by atoms with Crippen LogP contribution in [0.5, 0.6) is 0 Å². The Kier molecular flexibility index (Phi) is 4.37. The fourth-order valence-corrected chi connectivity index (χ4v) is 3.73. The monoisotopic (exact) mass is 429 g/mol. The molecule has 0 aliphatic heterocycles. The van der Waals surface area contributed by atoms with Gasteiger partial charge in [-0.1, -0.05) is 0 Å². The van der Waals surface area contributed by atoms with Crippen LogP contribution in [0.15, 0.2) is 46.5 Å². The van der Waals surface area contributed by atoms with Crippen LogP contribution in [0.1, 0.15) is 27.4 Å². The summed E-state index contributed by atoms with van der Waals surface area (Å²) in [6, 6.07) is 7.41. The first-order valence-electron chi connectivity index (χ1n) is 8.04. The minimum absolute atomic E-state index is 0.123. The van der Waals surface area contributed by atoms with E-state index in [9.17, 15) is 4.79 Å². The maximum atomic E-state index is 12.4. The molecule has 0 unspecified atom stereocenters. The summed E-state index contributed by atoms with van der Waals surface area (Å²) in [6.07, 6.45) is 3.88. The van der Waals surface area contributed by atoms with Crippen molar-refractivity contribution in [2.75, 3.05) is 0 Å². The number of rotatable bonds is 4. The lowest BCUT2D eigenvalue weighted by atomic mass is 10.2. The van der Waals surface area contributed by atoms with Crippen molar-refractivity contribution in [3.63, 3.8) is 0 Å². The molecule has 3 heterocycles. The molecule has 1 aromatic carbocycles. The first-order valence-corrected chi connectivity index (χ1v) is 9.71. The van der Waals surface area contributed by atoms with E-state index >= 15 is 0 Å². The summed E-state index contributed by atoms with van der Waals surface area (Å²) in [5, 5.41) is 9.40. The molecule has 0 aliphatic rings. The average Bonchev–Trinajstić information content (AvgIpc) is 3.30. The first-order chi connectivity index (χ1) is 12.5. The van der Waals surface area contributed by atoms with Crippen molar-refractivity contribution in [2.45, 2.75) is 20.4 Å². The molecule has 6 nitrogen and oxygen atoms in total. The summed E-state index contributed by atoms with van der Waals surface area (Å²) >= 11 is 5.10. The van der Waals surface area contributed by atoms with Crippen LogP contribution in [0.25, 0.3) is 10.6 Å². The molecule has 0 atom stereocenters. The summed E-state index contributed by atoms with van der Waals surface area (Å²) < 4.78 is 4.81. The van der Waals surface area contributed by atoms with Crippen molar-refractivity contribution in [2.24, 2.45) is 0 Å². The van der Waals surface area contributed by atoms with E-state index in [4.69, 9.17) is 0 Å². The highest BCUT2D eigenvalue weighted by molar-refractivity contribution is 9.10. The van der Waals surface area contributed by atoms with Gasteiger partial charge < -0.3 is 5.32 Å². The number of amides is 1. The van der Waals surface area contributed by atoms with Gasteiger partial charge in [-0.25, -0.2) is 9.67 Å². The second-order valence-electron chi connectivity index (χ2n) is 5.95. The van der Waals surface area contributed by atoms with Crippen LogP contribution in [-0.4, -0.2) is 25.1 Å². The lowest BCUT2D eigenvalue weighted by Gasteiger charge is -2.07. The van der Waals surface area contributed by atoms with Crippen LogP contribution in [0.2, 0.25) is 0 Å². The number of halogens is 1. The van der Waals surface area contributed by atoms with E-state index in [1.54, 1.807) is 23.5 Å². The maximum absolute atomic E-state index is 12.4. The average molecular weight is 430 g/mol. The normalized spacial score (nSPS) is 11.2. The SMILES string of the molecule is Cc1nn(-c2ccc(C(=O)NCc3cn4ccsc4n3)cc2)c(C)c1Br. The maximum Gasteiger partial charge on any atom is 0.251 e. The molecule has 0 aliphatic carbocycles. The number of nitrogens with zero attached hydrogens (tertiary/aromatic N) is 4. The van der Waals surface area contributed by atoms with Gasteiger partial charge in [0.1, 0.15) is 0 Å². The molecule has 26 heavy (non-hydrogen) atoms. The van der Waals surface area contributed by atoms with E-state index in [1.165, 1.54) is 0 Å². The van der Waals surface area contributed by atoms with E-state index in [2.05, 4.69) is 31.3 Å². The quantitative estimate of drug-likeness (QED) is 0.534. The fraction of sp³-hybridized carbons (Fsp3) is 0.167. The number of carbonyl (C=O) groups excluding carboxylic acids is 1. The minimum atomic E-state index is -0.123. The van der Waals surface area contributed by atoms with Gasteiger partial charge in [-0.2, -0.15) is 5.10 Å². The zero-order chi connectivity index (χ0) is 18.3. The van der Waals surface area contributed by atoms with Crippen LogP contribution < -0.4 is 5.32 Å². The summed E-state index contributed by atoms with van der Waals surface area (Å²) in [4.78, 5) is 17.8. The summed E-state index contributed by atoms with van der Waals surface area (Å²) in [7, 11) is 0. The Hall–Kier alpha value is -2.45. The molecular formula is C18H16BrN5OS. The molecule has 4 rings (SSSR count). The number of nitrogens with one attached hydrogen (secondary N) is 1. The zero-order valence-corrected chi connectivity index (χ0v) is 16.6. The molecule has 0 saturated heterocycles. The number of carbonyl (C=O) groups is 1. The van der Waals surface area contributed by atoms with Crippen molar-refractivity contribution in [3.05, 3.63) is 69.2 Å². The topological polar surface area (TPSA) is 64.2 Å². The van der Waals surface area contributed by atoms with Gasteiger partial charge in [0.05, 0.1) is 33.8 Å². The minimum Gasteiger partial charge on any atom is -0.346 e. The molecule has 8 heteroatoms. The van der Waals surface area contributed by atoms with E-state index in [-0.39, 0.29) is 5.91 Å². The van der Waals surface area contributed by atoms with Gasteiger partial charge in [-0.15, -0.1) is 11.3 Å². The summed E-state index contributed by atoms with van der Waals surface area (Å²) in [5.74, 6) is -0.123. The van der Waals surface area contributed by atoms with Crippen molar-refractivity contribution in [1.29, 1.82) is 0 Å². The van der Waals surface area contributed by atoms with Crippen LogP contribution in [0, 0.1) is 13.8 Å². The number of imidazole rings is 1. The Morgan fingerprint density at radius 2 is 2.04 bits per heavy atom. The summed E-state index contributed by atoms with van der Waals surface area (Å²) in [6.45, 7) is 4.36. The second-order valence-corrected chi connectivity index (χ2v) is 7.62. The highest BCUT2D eigenvalue weighted by Gasteiger charge is 2.12. The van der Waals surface area contributed by atoms with E-state index < -0.39 is 0 Å². The molecule has 0 bridgehead atoms. The predicted molar refractivity (Wildman–Crippen MR) is 105 cm³/mol. The Labute approximate surface area is 162 Å². The number of hydrogen-bond donors (Lipinski definition) is 1. The first kappa shape index (κ1) is 17.0. The third-order valence-electron chi connectivity index (χ3n) is 4.15. The molecule has 0 radical (unpaired) electrons. The molecule has 4 aromatic rings. The van der Waals surface area contributed by atoms with Crippen molar-refractivity contribution in [3.8, 4) is 5.69 Å². The molecule has 132 valence electrons. The highest BCUT2D eigenvalue weighted by Crippen LogP contribution is 2.23. The van der Waals surface area contributed by atoms with Gasteiger partial charge in [0.25, 0.3) is 5.91 Å². The van der Waals surface area contributed by atoms with Gasteiger partial charge in [0.15, 0.2) is 4.96 Å². The molecule has 1 amide bonds. The van der Waals surface area contributed by atoms with Gasteiger partial charge in [0.2, 0.25) is 0 Å². The van der Waals surface area contributed by atoms with Crippen molar-refractivity contribution < 1.29 is 4.79 Å². The number of aryl methyl sites for hydroxylation is 1. The lowest BCUT2D eigenvalue weighted by Crippen LogP contribution is -2.22. The van der Waals surface area contributed by atoms with Crippen LogP contribution >= 0.6 is 27.3 Å². The molecule has 0 spiro atoms. The van der Waals surface area contributed by atoms with E-state index in [0.29, 0.717) is 12.1 Å². The third-order valence-corrected chi connectivity index (χ3v) is 6.07.